The summed E-state index contributed by atoms with van der Waals surface area (Å²) in [6, 6.07) is 4.91. The van der Waals surface area contributed by atoms with Crippen LogP contribution in [0, 0.1) is 0 Å². The molecule has 2 aromatic rings. The van der Waals surface area contributed by atoms with E-state index in [4.69, 9.17) is 23.8 Å². The molecular formula is C14H13NO6. The second-order valence-electron chi connectivity index (χ2n) is 4.47. The fourth-order valence-electron chi connectivity index (χ4n) is 2.14. The Morgan fingerprint density at radius 3 is 2.62 bits per heavy atom. The summed E-state index contributed by atoms with van der Waals surface area (Å²) in [7, 11) is 1.57. The lowest BCUT2D eigenvalue weighted by Crippen LogP contribution is -2.15. The topological polar surface area (TPSA) is 91.0 Å². The third-order valence-corrected chi connectivity index (χ3v) is 3.06. The van der Waals surface area contributed by atoms with Gasteiger partial charge in [-0.25, -0.2) is 4.79 Å². The molecule has 2 heterocycles. The minimum absolute atomic E-state index is 0.150. The standard InChI is InChI=1S/C14H13NO6/c1-18-7-8-4-12-13(20-3-2-19-12)5-9(8)11-6-10(14(16)17)15-21-11/h4-6H,2-3,7H2,1H3,(H,16,17). The molecule has 0 saturated carbocycles. The Bertz CT molecular complexity index is 678. The summed E-state index contributed by atoms with van der Waals surface area (Å²) < 4.78 is 21.3. The lowest BCUT2D eigenvalue weighted by atomic mass is 10.0. The average molecular weight is 291 g/mol. The highest BCUT2D eigenvalue weighted by Crippen LogP contribution is 2.38. The fourth-order valence-corrected chi connectivity index (χ4v) is 2.14. The number of nitrogens with zero attached hydrogens (tertiary/aromatic N) is 1. The zero-order chi connectivity index (χ0) is 14.8. The first-order chi connectivity index (χ1) is 10.2. The van der Waals surface area contributed by atoms with E-state index in [0.717, 1.165) is 5.56 Å². The van der Waals surface area contributed by atoms with Crippen LogP contribution < -0.4 is 9.47 Å². The van der Waals surface area contributed by atoms with Crippen molar-refractivity contribution in [1.82, 2.24) is 5.16 Å². The van der Waals surface area contributed by atoms with Crippen LogP contribution in [0.15, 0.2) is 22.7 Å². The molecule has 0 unspecified atom stereocenters. The molecule has 1 aromatic heterocycles. The predicted molar refractivity (Wildman–Crippen MR) is 70.6 cm³/mol. The van der Waals surface area contributed by atoms with E-state index < -0.39 is 5.97 Å². The van der Waals surface area contributed by atoms with Crippen molar-refractivity contribution in [1.29, 1.82) is 0 Å². The van der Waals surface area contributed by atoms with E-state index in [9.17, 15) is 4.79 Å². The molecule has 0 radical (unpaired) electrons. The van der Waals surface area contributed by atoms with Gasteiger partial charge in [0, 0.05) is 18.7 Å². The maximum Gasteiger partial charge on any atom is 0.358 e. The van der Waals surface area contributed by atoms with Crippen LogP contribution in [-0.2, 0) is 11.3 Å². The Labute approximate surface area is 120 Å². The number of aromatic nitrogens is 1. The molecule has 21 heavy (non-hydrogen) atoms. The first kappa shape index (κ1) is 13.4. The van der Waals surface area contributed by atoms with Gasteiger partial charge in [0.25, 0.3) is 0 Å². The van der Waals surface area contributed by atoms with Crippen molar-refractivity contribution in [2.75, 3.05) is 20.3 Å². The van der Waals surface area contributed by atoms with Crippen molar-refractivity contribution in [3.63, 3.8) is 0 Å². The third kappa shape index (κ3) is 2.55. The fraction of sp³-hybridized carbons (Fsp3) is 0.286. The highest BCUT2D eigenvalue weighted by atomic mass is 16.6. The van der Waals surface area contributed by atoms with Crippen molar-refractivity contribution in [2.45, 2.75) is 6.61 Å². The van der Waals surface area contributed by atoms with Crippen LogP contribution >= 0.6 is 0 Å². The SMILES string of the molecule is COCc1cc2c(cc1-c1cc(C(=O)O)no1)OCCO2. The van der Waals surface area contributed by atoms with Crippen LogP contribution in [0.3, 0.4) is 0 Å². The van der Waals surface area contributed by atoms with Crippen molar-refractivity contribution < 1.29 is 28.6 Å². The highest BCUT2D eigenvalue weighted by Gasteiger charge is 2.20. The second-order valence-corrected chi connectivity index (χ2v) is 4.47. The Kier molecular flexibility index (Phi) is 3.49. The van der Waals surface area contributed by atoms with Crippen LogP contribution in [0.5, 0.6) is 11.5 Å². The molecule has 7 heteroatoms. The molecule has 0 spiro atoms. The number of ether oxygens (including phenoxy) is 3. The van der Waals surface area contributed by atoms with Gasteiger partial charge in [-0.05, 0) is 17.7 Å². The molecule has 0 aliphatic carbocycles. The molecule has 1 N–H and O–H groups in total. The number of methoxy groups -OCH3 is 1. The third-order valence-electron chi connectivity index (χ3n) is 3.06. The monoisotopic (exact) mass is 291 g/mol. The van der Waals surface area contributed by atoms with Crippen LogP contribution in [0.25, 0.3) is 11.3 Å². The Morgan fingerprint density at radius 1 is 1.29 bits per heavy atom. The largest absolute Gasteiger partial charge is 0.486 e. The van der Waals surface area contributed by atoms with Crippen LogP contribution in [0.2, 0.25) is 0 Å². The normalized spacial score (nSPS) is 13.2. The van der Waals surface area contributed by atoms with Gasteiger partial charge in [0.2, 0.25) is 0 Å². The number of benzene rings is 1. The first-order valence-electron chi connectivity index (χ1n) is 6.31. The zero-order valence-corrected chi connectivity index (χ0v) is 11.3. The van der Waals surface area contributed by atoms with E-state index in [1.165, 1.54) is 6.07 Å². The van der Waals surface area contributed by atoms with Crippen LogP contribution in [0.1, 0.15) is 16.1 Å². The van der Waals surface area contributed by atoms with Crippen molar-refractivity contribution in [3.05, 3.63) is 29.5 Å². The average Bonchev–Trinajstić information content (AvgIpc) is 2.97. The Hall–Kier alpha value is -2.54. The molecule has 0 saturated heterocycles. The van der Waals surface area contributed by atoms with Gasteiger partial charge in [-0.1, -0.05) is 5.16 Å². The summed E-state index contributed by atoms with van der Waals surface area (Å²) in [5.41, 5.74) is 1.32. The molecule has 1 aliphatic heterocycles. The van der Waals surface area contributed by atoms with Gasteiger partial charge < -0.3 is 23.8 Å². The van der Waals surface area contributed by atoms with Crippen molar-refractivity contribution in [2.24, 2.45) is 0 Å². The van der Waals surface area contributed by atoms with E-state index in [-0.39, 0.29) is 5.69 Å². The number of fused-ring (bicyclic) bond motifs is 1. The Morgan fingerprint density at radius 2 is 2.00 bits per heavy atom. The van der Waals surface area contributed by atoms with Gasteiger partial charge in [-0.15, -0.1) is 0 Å². The van der Waals surface area contributed by atoms with Crippen molar-refractivity contribution in [3.8, 4) is 22.8 Å². The zero-order valence-electron chi connectivity index (χ0n) is 11.3. The second kappa shape index (κ2) is 5.45. The lowest BCUT2D eigenvalue weighted by molar-refractivity contribution is 0.0686. The molecule has 1 aliphatic rings. The molecule has 0 bridgehead atoms. The molecule has 7 nitrogen and oxygen atoms in total. The number of rotatable bonds is 4. The number of hydrogen-bond acceptors (Lipinski definition) is 6. The summed E-state index contributed by atoms with van der Waals surface area (Å²) >= 11 is 0. The molecular weight excluding hydrogens is 278 g/mol. The van der Waals surface area contributed by atoms with Crippen LogP contribution in [-0.4, -0.2) is 36.6 Å². The lowest BCUT2D eigenvalue weighted by Gasteiger charge is -2.20. The van der Waals surface area contributed by atoms with Crippen LogP contribution in [0.4, 0.5) is 0 Å². The van der Waals surface area contributed by atoms with E-state index in [0.29, 0.717) is 42.6 Å². The minimum Gasteiger partial charge on any atom is -0.486 e. The number of hydrogen-bond donors (Lipinski definition) is 1. The maximum atomic E-state index is 10.9. The minimum atomic E-state index is -1.14. The summed E-state index contributed by atoms with van der Waals surface area (Å²) in [5.74, 6) is 0.423. The molecule has 0 atom stereocenters. The van der Waals surface area contributed by atoms with Gasteiger partial charge in [-0.2, -0.15) is 0 Å². The molecule has 1 aromatic carbocycles. The van der Waals surface area contributed by atoms with E-state index in [1.807, 2.05) is 0 Å². The maximum absolute atomic E-state index is 10.9. The molecule has 0 amide bonds. The van der Waals surface area contributed by atoms with Gasteiger partial charge in [-0.3, -0.25) is 0 Å². The number of carbonyl (C=O) groups is 1. The highest BCUT2D eigenvalue weighted by molar-refractivity contribution is 5.86. The van der Waals surface area contributed by atoms with Gasteiger partial charge in [0.1, 0.15) is 13.2 Å². The molecule has 0 fully saturated rings. The van der Waals surface area contributed by atoms with Gasteiger partial charge >= 0.3 is 5.97 Å². The van der Waals surface area contributed by atoms with E-state index >= 15 is 0 Å². The molecule has 110 valence electrons. The molecule has 3 rings (SSSR count). The summed E-state index contributed by atoms with van der Waals surface area (Å²) in [5, 5.41) is 12.4. The summed E-state index contributed by atoms with van der Waals surface area (Å²) in [6.07, 6.45) is 0. The number of carboxylic acid groups (broad SMARTS) is 1. The number of aromatic carboxylic acids is 1. The van der Waals surface area contributed by atoms with Gasteiger partial charge in [0.15, 0.2) is 23.0 Å². The van der Waals surface area contributed by atoms with Gasteiger partial charge in [0.05, 0.1) is 6.61 Å². The Balaban J connectivity index is 2.07. The first-order valence-corrected chi connectivity index (χ1v) is 6.31. The van der Waals surface area contributed by atoms with E-state index in [1.54, 1.807) is 19.2 Å². The van der Waals surface area contributed by atoms with E-state index in [2.05, 4.69) is 5.16 Å². The quantitative estimate of drug-likeness (QED) is 0.920. The van der Waals surface area contributed by atoms with Crippen molar-refractivity contribution >= 4 is 5.97 Å². The summed E-state index contributed by atoms with van der Waals surface area (Å²) in [4.78, 5) is 10.9. The number of carboxylic acids is 1. The summed E-state index contributed by atoms with van der Waals surface area (Å²) in [6.45, 7) is 1.28. The predicted octanol–water partition coefficient (Wildman–Crippen LogP) is 1.96. The smallest absolute Gasteiger partial charge is 0.358 e.